The molecule has 0 radical (unpaired) electrons. The summed E-state index contributed by atoms with van der Waals surface area (Å²) in [6.45, 7) is 2.09. The number of hydrogen-bond donors (Lipinski definition) is 1. The van der Waals surface area contributed by atoms with Gasteiger partial charge in [0.05, 0.1) is 11.1 Å². The number of pyridine rings is 1. The molecule has 1 atom stereocenters. The molecule has 0 bridgehead atoms. The van der Waals surface area contributed by atoms with Crippen LogP contribution in [-0.4, -0.2) is 35.4 Å². The lowest BCUT2D eigenvalue weighted by Crippen LogP contribution is -2.30. The molecule has 5 heteroatoms. The van der Waals surface area contributed by atoms with Gasteiger partial charge in [-0.3, -0.25) is 9.78 Å². The summed E-state index contributed by atoms with van der Waals surface area (Å²) in [6, 6.07) is 7.28. The van der Waals surface area contributed by atoms with Gasteiger partial charge in [-0.15, -0.1) is 0 Å². The molecule has 2 heterocycles. The van der Waals surface area contributed by atoms with E-state index >= 15 is 0 Å². The fourth-order valence-electron chi connectivity index (χ4n) is 2.70. The number of carbonyl (C=O) groups is 1. The summed E-state index contributed by atoms with van der Waals surface area (Å²) in [6.07, 6.45) is 2.66. The summed E-state index contributed by atoms with van der Waals surface area (Å²) in [5.74, 6) is 0.393. The first-order valence-corrected chi connectivity index (χ1v) is 7.10. The van der Waals surface area contributed by atoms with E-state index in [1.165, 1.54) is 0 Å². The van der Waals surface area contributed by atoms with Crippen molar-refractivity contribution in [1.82, 2.24) is 9.88 Å². The summed E-state index contributed by atoms with van der Waals surface area (Å²) in [5.41, 5.74) is 6.96. The number of likely N-dealkylation sites (tertiary alicyclic amines) is 1. The first-order chi connectivity index (χ1) is 9.69. The van der Waals surface area contributed by atoms with Gasteiger partial charge in [0.15, 0.2) is 0 Å². The van der Waals surface area contributed by atoms with Crippen molar-refractivity contribution in [3.63, 3.8) is 0 Å². The average molecular weight is 290 g/mol. The van der Waals surface area contributed by atoms with E-state index in [1.54, 1.807) is 12.3 Å². The van der Waals surface area contributed by atoms with E-state index in [2.05, 4.69) is 4.98 Å². The van der Waals surface area contributed by atoms with Crippen LogP contribution in [0.5, 0.6) is 0 Å². The number of fused-ring (bicyclic) bond motifs is 1. The molecule has 0 unspecified atom stereocenters. The molecule has 0 spiro atoms. The van der Waals surface area contributed by atoms with Crippen LogP contribution in [0.2, 0.25) is 5.02 Å². The molecule has 1 amide bonds. The van der Waals surface area contributed by atoms with Gasteiger partial charge in [0.25, 0.3) is 5.91 Å². The highest BCUT2D eigenvalue weighted by molar-refractivity contribution is 6.32. The van der Waals surface area contributed by atoms with Gasteiger partial charge in [0.1, 0.15) is 0 Å². The summed E-state index contributed by atoms with van der Waals surface area (Å²) in [4.78, 5) is 18.8. The number of amides is 1. The molecule has 1 aromatic heterocycles. The van der Waals surface area contributed by atoms with Crippen LogP contribution in [0.15, 0.2) is 30.5 Å². The van der Waals surface area contributed by atoms with Gasteiger partial charge >= 0.3 is 0 Å². The number of carbonyl (C=O) groups excluding carboxylic acids is 1. The molecule has 2 N–H and O–H groups in total. The van der Waals surface area contributed by atoms with E-state index < -0.39 is 0 Å². The zero-order valence-electron chi connectivity index (χ0n) is 11.1. The highest BCUT2D eigenvalue weighted by Crippen LogP contribution is 2.25. The number of benzene rings is 1. The molecule has 1 aromatic carbocycles. The third-order valence-electron chi connectivity index (χ3n) is 3.81. The second kappa shape index (κ2) is 5.38. The van der Waals surface area contributed by atoms with Crippen molar-refractivity contribution in [2.24, 2.45) is 11.7 Å². The summed E-state index contributed by atoms with van der Waals surface area (Å²) in [5, 5.41) is 1.45. The Hall–Kier alpha value is -1.65. The molecular formula is C15H16ClN3O. The fraction of sp³-hybridized carbons (Fsp3) is 0.333. The molecule has 2 aromatic rings. The van der Waals surface area contributed by atoms with Gasteiger partial charge in [-0.25, -0.2) is 0 Å². The number of nitrogens with two attached hydrogens (primary N) is 1. The highest BCUT2D eigenvalue weighted by atomic mass is 35.5. The molecule has 4 nitrogen and oxygen atoms in total. The lowest BCUT2D eigenvalue weighted by molar-refractivity contribution is 0.0789. The van der Waals surface area contributed by atoms with E-state index in [0.717, 1.165) is 24.9 Å². The third kappa shape index (κ3) is 2.37. The predicted molar refractivity (Wildman–Crippen MR) is 79.8 cm³/mol. The first kappa shape index (κ1) is 13.3. The fourth-order valence-corrected chi connectivity index (χ4v) is 2.93. The number of aromatic nitrogens is 1. The number of halogens is 1. The third-order valence-corrected chi connectivity index (χ3v) is 4.02. The van der Waals surface area contributed by atoms with Crippen molar-refractivity contribution in [2.75, 3.05) is 19.6 Å². The quantitative estimate of drug-likeness (QED) is 0.923. The van der Waals surface area contributed by atoms with Crippen LogP contribution in [0.1, 0.15) is 16.8 Å². The number of rotatable bonds is 2. The molecule has 1 aliphatic rings. The average Bonchev–Trinajstić information content (AvgIpc) is 2.94. The molecule has 0 saturated carbocycles. The van der Waals surface area contributed by atoms with Crippen LogP contribution in [-0.2, 0) is 0 Å². The van der Waals surface area contributed by atoms with Crippen molar-refractivity contribution in [3.8, 4) is 0 Å². The summed E-state index contributed by atoms with van der Waals surface area (Å²) >= 11 is 6.11. The highest BCUT2D eigenvalue weighted by Gasteiger charge is 2.27. The maximum Gasteiger partial charge on any atom is 0.256 e. The minimum absolute atomic E-state index is 0.00727. The van der Waals surface area contributed by atoms with Gasteiger partial charge in [0, 0.05) is 29.7 Å². The topological polar surface area (TPSA) is 59.2 Å². The van der Waals surface area contributed by atoms with E-state index in [4.69, 9.17) is 17.3 Å². The number of hydrogen-bond acceptors (Lipinski definition) is 3. The first-order valence-electron chi connectivity index (χ1n) is 6.72. The Morgan fingerprint density at radius 1 is 1.50 bits per heavy atom. The lowest BCUT2D eigenvalue weighted by Gasteiger charge is -2.17. The Labute approximate surface area is 122 Å². The molecule has 20 heavy (non-hydrogen) atoms. The standard InChI is InChI=1S/C15H16ClN3O/c16-12-6-11-2-1-4-18-14(11)13(7-12)15(20)19-5-3-10(8-17)9-19/h1-2,4,6-7,10H,3,5,8-9,17H2/t10-/m0/s1. The van der Waals surface area contributed by atoms with E-state index in [-0.39, 0.29) is 5.91 Å². The second-order valence-electron chi connectivity index (χ2n) is 5.17. The Kier molecular flexibility index (Phi) is 3.59. The van der Waals surface area contributed by atoms with Crippen LogP contribution in [0.3, 0.4) is 0 Å². The Balaban J connectivity index is 1.99. The Morgan fingerprint density at radius 3 is 3.10 bits per heavy atom. The normalized spacial score (nSPS) is 18.7. The van der Waals surface area contributed by atoms with Crippen molar-refractivity contribution < 1.29 is 4.79 Å². The van der Waals surface area contributed by atoms with Crippen LogP contribution < -0.4 is 5.73 Å². The molecule has 1 aliphatic heterocycles. The number of nitrogens with zero attached hydrogens (tertiary/aromatic N) is 2. The maximum atomic E-state index is 12.7. The molecule has 3 rings (SSSR count). The Bertz CT molecular complexity index is 659. The van der Waals surface area contributed by atoms with Crippen LogP contribution in [0.4, 0.5) is 0 Å². The maximum absolute atomic E-state index is 12.7. The van der Waals surface area contributed by atoms with Crippen molar-refractivity contribution in [3.05, 3.63) is 41.0 Å². The summed E-state index contributed by atoms with van der Waals surface area (Å²) < 4.78 is 0. The van der Waals surface area contributed by atoms with Gasteiger partial charge < -0.3 is 10.6 Å². The Morgan fingerprint density at radius 2 is 2.35 bits per heavy atom. The van der Waals surface area contributed by atoms with E-state index in [0.29, 0.717) is 28.6 Å². The van der Waals surface area contributed by atoms with Crippen molar-refractivity contribution in [1.29, 1.82) is 0 Å². The zero-order valence-corrected chi connectivity index (χ0v) is 11.8. The van der Waals surface area contributed by atoms with Crippen molar-refractivity contribution >= 4 is 28.4 Å². The molecule has 1 saturated heterocycles. The monoisotopic (exact) mass is 289 g/mol. The molecule has 104 valence electrons. The molecule has 0 aliphatic carbocycles. The zero-order chi connectivity index (χ0) is 14.1. The van der Waals surface area contributed by atoms with Gasteiger partial charge in [-0.1, -0.05) is 17.7 Å². The minimum Gasteiger partial charge on any atom is -0.338 e. The lowest BCUT2D eigenvalue weighted by atomic mass is 10.1. The van der Waals surface area contributed by atoms with Gasteiger partial charge in [0.2, 0.25) is 0 Å². The molecule has 1 fully saturated rings. The van der Waals surface area contributed by atoms with Crippen LogP contribution in [0.25, 0.3) is 10.9 Å². The smallest absolute Gasteiger partial charge is 0.256 e. The van der Waals surface area contributed by atoms with Crippen LogP contribution >= 0.6 is 11.6 Å². The summed E-state index contributed by atoms with van der Waals surface area (Å²) in [7, 11) is 0. The van der Waals surface area contributed by atoms with E-state index in [9.17, 15) is 4.79 Å². The van der Waals surface area contributed by atoms with E-state index in [1.807, 2.05) is 23.1 Å². The van der Waals surface area contributed by atoms with Crippen molar-refractivity contribution in [2.45, 2.75) is 6.42 Å². The largest absolute Gasteiger partial charge is 0.338 e. The SMILES string of the molecule is NC[C@@H]1CCN(C(=O)c2cc(Cl)cc3cccnc23)C1. The molecular weight excluding hydrogens is 274 g/mol. The van der Waals surface area contributed by atoms with Gasteiger partial charge in [-0.05, 0) is 37.1 Å². The second-order valence-corrected chi connectivity index (χ2v) is 5.61. The minimum atomic E-state index is -0.00727. The predicted octanol–water partition coefficient (Wildman–Crippen LogP) is 2.31. The van der Waals surface area contributed by atoms with Gasteiger partial charge in [-0.2, -0.15) is 0 Å². The van der Waals surface area contributed by atoms with Crippen LogP contribution in [0, 0.1) is 5.92 Å².